The molecule has 2 aromatic carbocycles. The second kappa shape index (κ2) is 8.64. The highest BCUT2D eigenvalue weighted by Crippen LogP contribution is 2.28. The number of aryl methyl sites for hydroxylation is 1. The smallest absolute Gasteiger partial charge is 0.267 e. The van der Waals surface area contributed by atoms with Crippen molar-refractivity contribution in [3.05, 3.63) is 99.7 Å². The molecule has 0 aliphatic heterocycles. The molecule has 0 saturated carbocycles. The number of aromatic nitrogens is 4. The van der Waals surface area contributed by atoms with Crippen molar-refractivity contribution in [3.63, 3.8) is 0 Å². The lowest BCUT2D eigenvalue weighted by Crippen LogP contribution is -2.22. The number of hydrogen-bond donors (Lipinski definition) is 0. The first-order valence-corrected chi connectivity index (χ1v) is 11.7. The van der Waals surface area contributed by atoms with Gasteiger partial charge >= 0.3 is 0 Å². The Morgan fingerprint density at radius 2 is 1.84 bits per heavy atom. The molecule has 0 aliphatic carbocycles. The van der Waals surface area contributed by atoms with Gasteiger partial charge in [-0.05, 0) is 55.0 Å². The van der Waals surface area contributed by atoms with Gasteiger partial charge < -0.3 is 0 Å². The van der Waals surface area contributed by atoms with E-state index in [1.54, 1.807) is 29.0 Å². The molecule has 3 heterocycles. The number of rotatable bonds is 5. The SMILES string of the molecule is Cc1ccc(-n2c(SCc3csc(-c4ccc(F)cc4)n3)nc3ccccc3c2=O)nc1. The predicted molar refractivity (Wildman–Crippen MR) is 127 cm³/mol. The first-order chi connectivity index (χ1) is 15.6. The van der Waals surface area contributed by atoms with Crippen LogP contribution in [-0.4, -0.2) is 19.5 Å². The molecule has 5 rings (SSSR count). The molecule has 0 unspecified atom stereocenters. The molecule has 32 heavy (non-hydrogen) atoms. The van der Waals surface area contributed by atoms with Crippen LogP contribution in [0.4, 0.5) is 4.39 Å². The van der Waals surface area contributed by atoms with Crippen LogP contribution >= 0.6 is 23.1 Å². The minimum atomic E-state index is -0.272. The number of thioether (sulfide) groups is 1. The van der Waals surface area contributed by atoms with Crippen molar-refractivity contribution < 1.29 is 4.39 Å². The van der Waals surface area contributed by atoms with Gasteiger partial charge in [-0.15, -0.1) is 11.3 Å². The van der Waals surface area contributed by atoms with Crippen LogP contribution in [0.15, 0.2) is 82.2 Å². The number of para-hydroxylation sites is 1. The minimum absolute atomic E-state index is 0.153. The second-order valence-corrected chi connectivity index (χ2v) is 8.99. The summed E-state index contributed by atoms with van der Waals surface area (Å²) < 4.78 is 14.8. The number of hydrogen-bond acceptors (Lipinski definition) is 6. The zero-order valence-electron chi connectivity index (χ0n) is 17.0. The molecule has 5 aromatic rings. The lowest BCUT2D eigenvalue weighted by atomic mass is 10.2. The summed E-state index contributed by atoms with van der Waals surface area (Å²) in [6.45, 7) is 1.95. The Labute approximate surface area is 191 Å². The van der Waals surface area contributed by atoms with Crippen LogP contribution in [0, 0.1) is 12.7 Å². The molecule has 0 atom stereocenters. The van der Waals surface area contributed by atoms with E-state index in [0.29, 0.717) is 27.6 Å². The fourth-order valence-electron chi connectivity index (χ4n) is 3.24. The third-order valence-electron chi connectivity index (χ3n) is 4.86. The Hall–Kier alpha value is -3.36. The summed E-state index contributed by atoms with van der Waals surface area (Å²) in [5, 5.41) is 3.90. The van der Waals surface area contributed by atoms with Crippen molar-refractivity contribution in [1.29, 1.82) is 0 Å². The molecule has 0 spiro atoms. The Morgan fingerprint density at radius 3 is 2.62 bits per heavy atom. The van der Waals surface area contributed by atoms with Crippen LogP contribution in [0.25, 0.3) is 27.3 Å². The molecule has 5 nitrogen and oxygen atoms in total. The maximum atomic E-state index is 13.3. The largest absolute Gasteiger partial charge is 0.268 e. The Bertz CT molecular complexity index is 1460. The summed E-state index contributed by atoms with van der Waals surface area (Å²) in [5.41, 5.74) is 3.25. The van der Waals surface area contributed by atoms with Gasteiger partial charge in [-0.1, -0.05) is 30.0 Å². The van der Waals surface area contributed by atoms with Crippen molar-refractivity contribution in [3.8, 4) is 16.4 Å². The van der Waals surface area contributed by atoms with E-state index in [-0.39, 0.29) is 11.4 Å². The average molecular weight is 461 g/mol. The molecule has 158 valence electrons. The number of nitrogens with zero attached hydrogens (tertiary/aromatic N) is 4. The van der Waals surface area contributed by atoms with Gasteiger partial charge in [-0.2, -0.15) is 0 Å². The molecule has 0 radical (unpaired) electrons. The van der Waals surface area contributed by atoms with Crippen LogP contribution in [0.2, 0.25) is 0 Å². The van der Waals surface area contributed by atoms with Gasteiger partial charge in [-0.25, -0.2) is 23.9 Å². The van der Waals surface area contributed by atoms with Crippen molar-refractivity contribution in [1.82, 2.24) is 19.5 Å². The topological polar surface area (TPSA) is 60.7 Å². The number of pyridine rings is 1. The summed E-state index contributed by atoms with van der Waals surface area (Å²) in [4.78, 5) is 27.1. The van der Waals surface area contributed by atoms with E-state index in [4.69, 9.17) is 4.98 Å². The lowest BCUT2D eigenvalue weighted by Gasteiger charge is -2.12. The van der Waals surface area contributed by atoms with E-state index < -0.39 is 0 Å². The van der Waals surface area contributed by atoms with Crippen LogP contribution in [0.5, 0.6) is 0 Å². The van der Waals surface area contributed by atoms with Crippen LogP contribution in [-0.2, 0) is 5.75 Å². The van der Waals surface area contributed by atoms with Gasteiger partial charge in [0.25, 0.3) is 5.56 Å². The van der Waals surface area contributed by atoms with Crippen molar-refractivity contribution in [2.45, 2.75) is 17.8 Å². The zero-order valence-corrected chi connectivity index (χ0v) is 18.7. The standard InChI is InChI=1S/C24H17FN4OS2/c1-15-6-11-21(26-12-15)29-23(30)19-4-2-3-5-20(19)28-24(29)32-14-18-13-31-22(27-18)16-7-9-17(25)10-8-16/h2-13H,14H2,1H3. The Balaban J connectivity index is 1.50. The minimum Gasteiger partial charge on any atom is -0.268 e. The van der Waals surface area contributed by atoms with Crippen LogP contribution in [0.1, 0.15) is 11.3 Å². The molecule has 0 fully saturated rings. The third-order valence-corrected chi connectivity index (χ3v) is 6.77. The predicted octanol–water partition coefficient (Wildman–Crippen LogP) is 5.64. The quantitative estimate of drug-likeness (QED) is 0.251. The van der Waals surface area contributed by atoms with E-state index >= 15 is 0 Å². The molecule has 0 aliphatic rings. The van der Waals surface area contributed by atoms with Crippen LogP contribution in [0.3, 0.4) is 0 Å². The van der Waals surface area contributed by atoms with E-state index in [9.17, 15) is 9.18 Å². The summed E-state index contributed by atoms with van der Waals surface area (Å²) in [7, 11) is 0. The zero-order chi connectivity index (χ0) is 22.1. The monoisotopic (exact) mass is 460 g/mol. The molecule has 0 N–H and O–H groups in total. The van der Waals surface area contributed by atoms with Gasteiger partial charge in [0.1, 0.15) is 16.6 Å². The fraction of sp³-hybridized carbons (Fsp3) is 0.0833. The Morgan fingerprint density at radius 1 is 1.03 bits per heavy atom. The van der Waals surface area contributed by atoms with Gasteiger partial charge in [0.15, 0.2) is 5.16 Å². The molecule has 8 heteroatoms. The summed E-state index contributed by atoms with van der Waals surface area (Å²) in [5.74, 6) is 0.798. The van der Waals surface area contributed by atoms with E-state index in [1.807, 2.05) is 42.6 Å². The van der Waals surface area contributed by atoms with E-state index in [2.05, 4.69) is 9.97 Å². The van der Waals surface area contributed by atoms with E-state index in [0.717, 1.165) is 21.8 Å². The number of halogens is 1. The summed E-state index contributed by atoms with van der Waals surface area (Å²) >= 11 is 2.94. The third kappa shape index (κ3) is 4.06. The summed E-state index contributed by atoms with van der Waals surface area (Å²) in [6.07, 6.45) is 1.74. The highest BCUT2D eigenvalue weighted by molar-refractivity contribution is 7.98. The average Bonchev–Trinajstić information content (AvgIpc) is 3.28. The van der Waals surface area contributed by atoms with Crippen LogP contribution < -0.4 is 5.56 Å². The molecule has 0 saturated heterocycles. The normalized spacial score (nSPS) is 11.2. The molecule has 0 bridgehead atoms. The second-order valence-electron chi connectivity index (χ2n) is 7.19. The molecular formula is C24H17FN4OS2. The maximum Gasteiger partial charge on any atom is 0.267 e. The maximum absolute atomic E-state index is 13.3. The first-order valence-electron chi connectivity index (χ1n) is 9.86. The van der Waals surface area contributed by atoms with Gasteiger partial charge in [0, 0.05) is 22.9 Å². The molecule has 0 amide bonds. The summed E-state index contributed by atoms with van der Waals surface area (Å²) in [6, 6.07) is 17.4. The molecule has 3 aromatic heterocycles. The highest BCUT2D eigenvalue weighted by atomic mass is 32.2. The van der Waals surface area contributed by atoms with Crippen molar-refractivity contribution in [2.75, 3.05) is 0 Å². The fourth-order valence-corrected chi connectivity index (χ4v) is 5.06. The van der Waals surface area contributed by atoms with E-state index in [1.165, 1.54) is 35.2 Å². The first kappa shape index (κ1) is 20.5. The van der Waals surface area contributed by atoms with Crippen molar-refractivity contribution >= 4 is 34.0 Å². The lowest BCUT2D eigenvalue weighted by molar-refractivity contribution is 0.628. The molecular weight excluding hydrogens is 443 g/mol. The van der Waals surface area contributed by atoms with Gasteiger partial charge in [0.2, 0.25) is 0 Å². The number of thiazole rings is 1. The highest BCUT2D eigenvalue weighted by Gasteiger charge is 2.15. The number of benzene rings is 2. The van der Waals surface area contributed by atoms with Gasteiger partial charge in [-0.3, -0.25) is 4.79 Å². The number of fused-ring (bicyclic) bond motifs is 1. The van der Waals surface area contributed by atoms with Gasteiger partial charge in [0.05, 0.1) is 16.6 Å². The Kier molecular flexibility index (Phi) is 5.55. The van der Waals surface area contributed by atoms with Crippen molar-refractivity contribution in [2.24, 2.45) is 0 Å².